The maximum absolute atomic E-state index is 13.2. The molecule has 0 aliphatic rings. The summed E-state index contributed by atoms with van der Waals surface area (Å²) in [6.45, 7) is 4.31. The zero-order valence-electron chi connectivity index (χ0n) is 17.3. The van der Waals surface area contributed by atoms with Gasteiger partial charge < -0.3 is 9.72 Å². The summed E-state index contributed by atoms with van der Waals surface area (Å²) in [7, 11) is 0. The monoisotopic (exact) mass is 482 g/mol. The van der Waals surface area contributed by atoms with Crippen LogP contribution in [0, 0.1) is 5.92 Å². The van der Waals surface area contributed by atoms with Gasteiger partial charge in [-0.15, -0.1) is 0 Å². The maximum Gasteiger partial charge on any atom is 0.335 e. The standard InChI is InChI=1S/C23H23BrN4O3/c1-15(2)13-27-21-20(25-19(26-21)12-16-8-10-17(24)11-9-16)22(29)28(23(27)30)14-31-18-6-4-3-5-7-18/h3-11,15H,12-14H2,1-2H3,(H,25,26). The average molecular weight is 483 g/mol. The highest BCUT2D eigenvalue weighted by molar-refractivity contribution is 9.10. The molecule has 8 heteroatoms. The number of fused-ring (bicyclic) bond motifs is 1. The summed E-state index contributed by atoms with van der Waals surface area (Å²) in [5.74, 6) is 1.42. The lowest BCUT2D eigenvalue weighted by atomic mass is 10.1. The van der Waals surface area contributed by atoms with Crippen molar-refractivity contribution in [2.24, 2.45) is 5.92 Å². The number of hydrogen-bond donors (Lipinski definition) is 1. The molecule has 0 amide bonds. The van der Waals surface area contributed by atoms with E-state index in [1.807, 2.05) is 56.3 Å². The smallest absolute Gasteiger partial charge is 0.335 e. The molecule has 0 atom stereocenters. The average Bonchev–Trinajstić information content (AvgIpc) is 3.17. The fraction of sp³-hybridized carbons (Fsp3) is 0.261. The molecule has 0 saturated heterocycles. The van der Waals surface area contributed by atoms with Gasteiger partial charge in [0.2, 0.25) is 0 Å². The molecule has 0 spiro atoms. The number of H-pyrrole nitrogens is 1. The molecule has 31 heavy (non-hydrogen) atoms. The highest BCUT2D eigenvalue weighted by atomic mass is 79.9. The molecule has 0 aliphatic heterocycles. The van der Waals surface area contributed by atoms with Gasteiger partial charge in [-0.3, -0.25) is 9.36 Å². The zero-order valence-corrected chi connectivity index (χ0v) is 18.9. The summed E-state index contributed by atoms with van der Waals surface area (Å²) in [6.07, 6.45) is 0.526. The van der Waals surface area contributed by atoms with Crippen LogP contribution in [0.5, 0.6) is 5.75 Å². The van der Waals surface area contributed by atoms with Gasteiger partial charge in [-0.2, -0.15) is 0 Å². The first-order valence-electron chi connectivity index (χ1n) is 10.1. The van der Waals surface area contributed by atoms with Gasteiger partial charge in [0.15, 0.2) is 12.4 Å². The number of aromatic amines is 1. The summed E-state index contributed by atoms with van der Waals surface area (Å²) in [4.78, 5) is 34.0. The van der Waals surface area contributed by atoms with Crippen molar-refractivity contribution in [3.05, 3.63) is 91.3 Å². The van der Waals surface area contributed by atoms with Crippen LogP contribution in [0.25, 0.3) is 11.2 Å². The molecule has 1 N–H and O–H groups in total. The molecule has 0 bridgehead atoms. The molecule has 7 nitrogen and oxygen atoms in total. The third-order valence-electron chi connectivity index (χ3n) is 4.85. The van der Waals surface area contributed by atoms with E-state index in [-0.39, 0.29) is 12.6 Å². The Balaban J connectivity index is 1.76. The van der Waals surface area contributed by atoms with Gasteiger partial charge in [-0.25, -0.2) is 14.3 Å². The number of nitrogens with zero attached hydrogens (tertiary/aromatic N) is 3. The molecule has 2 aromatic carbocycles. The molecule has 0 unspecified atom stereocenters. The molecule has 0 fully saturated rings. The highest BCUT2D eigenvalue weighted by Crippen LogP contribution is 2.15. The van der Waals surface area contributed by atoms with Gasteiger partial charge in [0.25, 0.3) is 5.56 Å². The third-order valence-corrected chi connectivity index (χ3v) is 5.37. The Morgan fingerprint density at radius 1 is 1.03 bits per heavy atom. The first-order chi connectivity index (χ1) is 14.9. The van der Waals surface area contributed by atoms with E-state index < -0.39 is 11.2 Å². The lowest BCUT2D eigenvalue weighted by Gasteiger charge is -2.13. The number of rotatable bonds is 7. The van der Waals surface area contributed by atoms with E-state index >= 15 is 0 Å². The number of aromatic nitrogens is 4. The molecule has 160 valence electrons. The topological polar surface area (TPSA) is 81.9 Å². The predicted octanol–water partition coefficient (Wildman–Crippen LogP) is 3.93. The van der Waals surface area contributed by atoms with E-state index in [9.17, 15) is 9.59 Å². The van der Waals surface area contributed by atoms with E-state index in [1.54, 1.807) is 16.7 Å². The van der Waals surface area contributed by atoms with Crippen molar-refractivity contribution < 1.29 is 4.74 Å². The van der Waals surface area contributed by atoms with Crippen molar-refractivity contribution in [3.8, 4) is 5.75 Å². The van der Waals surface area contributed by atoms with Gasteiger partial charge in [0.05, 0.1) is 0 Å². The quantitative estimate of drug-likeness (QED) is 0.432. The number of benzene rings is 2. The van der Waals surface area contributed by atoms with Gasteiger partial charge >= 0.3 is 5.69 Å². The van der Waals surface area contributed by atoms with Crippen LogP contribution in [-0.2, 0) is 19.7 Å². The summed E-state index contributed by atoms with van der Waals surface area (Å²) in [6, 6.07) is 17.0. The number of ether oxygens (including phenoxy) is 1. The molecule has 0 saturated carbocycles. The van der Waals surface area contributed by atoms with Crippen molar-refractivity contribution in [2.75, 3.05) is 0 Å². The first-order valence-corrected chi connectivity index (χ1v) is 10.9. The van der Waals surface area contributed by atoms with Crippen LogP contribution in [0.1, 0.15) is 25.2 Å². The highest BCUT2D eigenvalue weighted by Gasteiger charge is 2.18. The normalized spacial score (nSPS) is 11.4. The Bertz CT molecular complexity index is 1310. The first kappa shape index (κ1) is 21.1. The van der Waals surface area contributed by atoms with Gasteiger partial charge in [-0.05, 0) is 35.7 Å². The second kappa shape index (κ2) is 8.93. The van der Waals surface area contributed by atoms with Gasteiger partial charge in [-0.1, -0.05) is 60.1 Å². The Kier molecular flexibility index (Phi) is 6.08. The molecule has 4 aromatic rings. The number of hydrogen-bond acceptors (Lipinski definition) is 4. The minimum absolute atomic E-state index is 0.170. The van der Waals surface area contributed by atoms with Crippen molar-refractivity contribution >= 4 is 27.1 Å². The molecule has 0 radical (unpaired) electrons. The largest absolute Gasteiger partial charge is 0.472 e. The Hall–Kier alpha value is -3.13. The number of imidazole rings is 1. The van der Waals surface area contributed by atoms with Crippen LogP contribution in [0.2, 0.25) is 0 Å². The van der Waals surface area contributed by atoms with Crippen LogP contribution < -0.4 is 16.0 Å². The van der Waals surface area contributed by atoms with E-state index in [4.69, 9.17) is 4.74 Å². The molecular weight excluding hydrogens is 460 g/mol. The molecule has 0 aliphatic carbocycles. The number of halogens is 1. The SMILES string of the molecule is CC(C)Cn1c(=O)n(COc2ccccc2)c(=O)c2[nH]c(Cc3ccc(Br)cc3)nc21. The van der Waals surface area contributed by atoms with Crippen LogP contribution in [-0.4, -0.2) is 19.1 Å². The molecule has 2 heterocycles. The molecule has 4 rings (SSSR count). The second-order valence-electron chi connectivity index (χ2n) is 7.79. The Morgan fingerprint density at radius 2 is 1.74 bits per heavy atom. The van der Waals surface area contributed by atoms with Crippen LogP contribution in [0.15, 0.2) is 68.7 Å². The number of nitrogens with one attached hydrogen (secondary N) is 1. The van der Waals surface area contributed by atoms with Crippen molar-refractivity contribution in [3.63, 3.8) is 0 Å². The molecular formula is C23H23BrN4O3. The van der Waals surface area contributed by atoms with Crippen LogP contribution in [0.3, 0.4) is 0 Å². The lowest BCUT2D eigenvalue weighted by Crippen LogP contribution is -2.41. The van der Waals surface area contributed by atoms with Crippen molar-refractivity contribution in [1.82, 2.24) is 19.1 Å². The van der Waals surface area contributed by atoms with Crippen LogP contribution in [0.4, 0.5) is 0 Å². The summed E-state index contributed by atoms with van der Waals surface area (Å²) < 4.78 is 9.34. The summed E-state index contributed by atoms with van der Waals surface area (Å²) in [5, 5.41) is 0. The predicted molar refractivity (Wildman–Crippen MR) is 123 cm³/mol. The van der Waals surface area contributed by atoms with E-state index in [0.717, 1.165) is 14.6 Å². The fourth-order valence-electron chi connectivity index (χ4n) is 3.39. The van der Waals surface area contributed by atoms with Gasteiger partial charge in [0.1, 0.15) is 17.1 Å². The van der Waals surface area contributed by atoms with Crippen LogP contribution >= 0.6 is 15.9 Å². The van der Waals surface area contributed by atoms with E-state index in [2.05, 4.69) is 25.9 Å². The Morgan fingerprint density at radius 3 is 2.42 bits per heavy atom. The Labute approximate surface area is 187 Å². The van der Waals surface area contributed by atoms with E-state index in [0.29, 0.717) is 35.7 Å². The maximum atomic E-state index is 13.2. The lowest BCUT2D eigenvalue weighted by molar-refractivity contribution is 0.223. The van der Waals surface area contributed by atoms with E-state index in [1.165, 1.54) is 0 Å². The fourth-order valence-corrected chi connectivity index (χ4v) is 3.66. The van der Waals surface area contributed by atoms with Gasteiger partial charge in [0, 0.05) is 17.4 Å². The number of para-hydroxylation sites is 1. The zero-order chi connectivity index (χ0) is 22.0. The summed E-state index contributed by atoms with van der Waals surface area (Å²) >= 11 is 3.43. The second-order valence-corrected chi connectivity index (χ2v) is 8.71. The third kappa shape index (κ3) is 4.64. The van der Waals surface area contributed by atoms with Crippen molar-refractivity contribution in [2.45, 2.75) is 33.5 Å². The summed E-state index contributed by atoms with van der Waals surface area (Å²) in [5.41, 5.74) is 0.873. The molecule has 2 aromatic heterocycles. The van der Waals surface area contributed by atoms with Crippen molar-refractivity contribution in [1.29, 1.82) is 0 Å². The minimum Gasteiger partial charge on any atom is -0.472 e. The minimum atomic E-state index is -0.439.